The first-order valence-corrected chi connectivity index (χ1v) is 39.6. The Bertz CT molecular complexity index is 1710. The number of rotatable bonds is 70. The number of allylic oxidation sites excluding steroid dienone is 9. The molecule has 6 N–H and O–H groups in total. The third kappa shape index (κ3) is 57.6. The van der Waals surface area contributed by atoms with Crippen LogP contribution in [0.3, 0.4) is 0 Å². The predicted molar refractivity (Wildman–Crippen MR) is 389 cm³/mol. The van der Waals surface area contributed by atoms with E-state index in [9.17, 15) is 35.1 Å². The highest BCUT2D eigenvalue weighted by atomic mass is 16.7. The molecule has 0 aromatic carbocycles. The lowest BCUT2D eigenvalue weighted by Crippen LogP contribution is -2.60. The zero-order valence-electron chi connectivity index (χ0n) is 60.0. The van der Waals surface area contributed by atoms with Crippen LogP contribution in [-0.2, 0) is 23.8 Å². The predicted octanol–water partition coefficient (Wildman–Crippen LogP) is 21.2. The summed E-state index contributed by atoms with van der Waals surface area (Å²) in [6.07, 6.45) is 84.0. The molecule has 1 amide bonds. The van der Waals surface area contributed by atoms with E-state index in [0.717, 1.165) is 64.2 Å². The van der Waals surface area contributed by atoms with Gasteiger partial charge in [-0.05, 0) is 103 Å². The van der Waals surface area contributed by atoms with Crippen molar-refractivity contribution < 1.29 is 49.3 Å². The molecule has 0 saturated carbocycles. The number of ether oxygens (including phenoxy) is 3. The van der Waals surface area contributed by atoms with Crippen LogP contribution in [0.4, 0.5) is 0 Å². The summed E-state index contributed by atoms with van der Waals surface area (Å²) >= 11 is 0. The Hall–Kier alpha value is -2.64. The van der Waals surface area contributed by atoms with Gasteiger partial charge in [-0.3, -0.25) is 9.59 Å². The number of aliphatic hydroxyl groups is 5. The second-order valence-corrected chi connectivity index (χ2v) is 27.4. The molecule has 11 heteroatoms. The van der Waals surface area contributed by atoms with Gasteiger partial charge in [0.2, 0.25) is 5.91 Å². The molecule has 1 saturated heterocycles. The number of amides is 1. The molecule has 0 spiro atoms. The van der Waals surface area contributed by atoms with Gasteiger partial charge < -0.3 is 45.1 Å². The fourth-order valence-corrected chi connectivity index (χ4v) is 12.4. The molecule has 1 heterocycles. The van der Waals surface area contributed by atoms with E-state index in [1.54, 1.807) is 6.08 Å². The van der Waals surface area contributed by atoms with Crippen molar-refractivity contribution in [2.75, 3.05) is 19.8 Å². The summed E-state index contributed by atoms with van der Waals surface area (Å²) in [5.41, 5.74) is 0. The summed E-state index contributed by atoms with van der Waals surface area (Å²) in [6.45, 7) is 4.33. The Morgan fingerprint density at radius 2 is 0.739 bits per heavy atom. The second-order valence-electron chi connectivity index (χ2n) is 27.4. The normalized spacial score (nSPS) is 17.8. The van der Waals surface area contributed by atoms with Crippen LogP contribution in [0.1, 0.15) is 380 Å². The third-order valence-electron chi connectivity index (χ3n) is 18.6. The van der Waals surface area contributed by atoms with E-state index in [1.807, 2.05) is 6.08 Å². The van der Waals surface area contributed by atoms with Gasteiger partial charge in [-0.15, -0.1) is 0 Å². The molecule has 1 fully saturated rings. The van der Waals surface area contributed by atoms with Crippen molar-refractivity contribution in [2.24, 2.45) is 0 Å². The summed E-state index contributed by atoms with van der Waals surface area (Å²) in [7, 11) is 0. The first kappa shape index (κ1) is 87.4. The summed E-state index contributed by atoms with van der Waals surface area (Å²) in [5, 5.41) is 54.5. The number of hydrogen-bond acceptors (Lipinski definition) is 10. The summed E-state index contributed by atoms with van der Waals surface area (Å²) in [6, 6.07) is -0.826. The Kier molecular flexibility index (Phi) is 66.2. The van der Waals surface area contributed by atoms with Crippen LogP contribution >= 0.6 is 0 Å². The van der Waals surface area contributed by atoms with Gasteiger partial charge in [-0.2, -0.15) is 0 Å². The van der Waals surface area contributed by atoms with E-state index >= 15 is 0 Å². The van der Waals surface area contributed by atoms with Crippen molar-refractivity contribution in [3.05, 3.63) is 60.8 Å². The molecule has 11 nitrogen and oxygen atoms in total. The van der Waals surface area contributed by atoms with Gasteiger partial charge in [-0.25, -0.2) is 0 Å². The third-order valence-corrected chi connectivity index (χ3v) is 18.6. The molecule has 1 rings (SSSR count). The van der Waals surface area contributed by atoms with Crippen molar-refractivity contribution in [2.45, 2.75) is 423 Å². The largest absolute Gasteiger partial charge is 0.466 e. The number of carbonyl (C=O) groups excluding carboxylic acids is 2. The maximum Gasteiger partial charge on any atom is 0.305 e. The lowest BCUT2D eigenvalue weighted by molar-refractivity contribution is -0.302. The summed E-state index contributed by atoms with van der Waals surface area (Å²) in [5.74, 6) is -0.183. The SMILES string of the molecule is CCCCC/C=C\CCCCCCCC(=O)OCCCCCCCCCCCCCCCCC/C=C\C/C=C\CCCCCCCCCCCCCCCCCCCC(=O)NC(COC1OC(CO)C(O)C(O)C1O)C(O)/C=C/CC/C=C/CCCCCCCCC. The van der Waals surface area contributed by atoms with Crippen molar-refractivity contribution in [3.63, 3.8) is 0 Å². The number of nitrogens with one attached hydrogen (secondary N) is 1. The molecule has 1 aliphatic rings. The minimum atomic E-state index is -1.58. The molecule has 0 radical (unpaired) electrons. The average molecular weight is 1300 g/mol. The van der Waals surface area contributed by atoms with Crippen LogP contribution in [0.2, 0.25) is 0 Å². The molecule has 7 atom stereocenters. The standard InChI is InChI=1S/C81H149NO10/c1-3-5-7-9-11-13-15-44-47-51-55-59-63-67-74(84)73(72-91-81-80(89)79(88)78(87)75(71-83)92-81)82-76(85)68-64-60-56-52-48-45-42-40-38-36-34-32-30-28-26-24-22-20-18-17-19-21-23-25-27-29-31-33-35-37-39-41-43-46-50-54-58-62-66-70-90-77(86)69-65-61-57-53-49-16-14-12-10-8-6-4-2/h12,14,17-18,21,23,47,51,63,67,73-75,78-81,83-84,87-89H,3-11,13,15-16,19-20,22,24-46,48-50,52-62,64-66,68-72H2,1-2H3,(H,82,85)/b14-12-,18-17-,23-21-,51-47+,67-63+. The fourth-order valence-electron chi connectivity index (χ4n) is 12.4. The minimum Gasteiger partial charge on any atom is -0.466 e. The lowest BCUT2D eigenvalue weighted by atomic mass is 9.99. The van der Waals surface area contributed by atoms with Gasteiger partial charge in [0.25, 0.3) is 0 Å². The van der Waals surface area contributed by atoms with Crippen molar-refractivity contribution in [3.8, 4) is 0 Å². The first-order chi connectivity index (χ1) is 45.2. The smallest absolute Gasteiger partial charge is 0.305 e. The number of aliphatic hydroxyl groups excluding tert-OH is 5. The molecule has 1 aliphatic heterocycles. The molecule has 0 aromatic heterocycles. The van der Waals surface area contributed by atoms with E-state index in [4.69, 9.17) is 14.2 Å². The maximum absolute atomic E-state index is 13.1. The number of carbonyl (C=O) groups is 2. The minimum absolute atomic E-state index is 0.00435. The number of esters is 1. The van der Waals surface area contributed by atoms with Gasteiger partial charge >= 0.3 is 5.97 Å². The Labute approximate surface area is 567 Å². The Morgan fingerprint density at radius 3 is 1.16 bits per heavy atom. The van der Waals surface area contributed by atoms with E-state index < -0.39 is 49.5 Å². The highest BCUT2D eigenvalue weighted by Gasteiger charge is 2.44. The van der Waals surface area contributed by atoms with Crippen molar-refractivity contribution in [1.29, 1.82) is 0 Å². The van der Waals surface area contributed by atoms with Crippen LogP contribution in [0, 0.1) is 0 Å². The van der Waals surface area contributed by atoms with Crippen LogP contribution in [0.5, 0.6) is 0 Å². The zero-order valence-corrected chi connectivity index (χ0v) is 60.0. The zero-order chi connectivity index (χ0) is 66.5. The topological polar surface area (TPSA) is 175 Å². The van der Waals surface area contributed by atoms with Gasteiger partial charge in [0.05, 0.1) is 32.0 Å². The van der Waals surface area contributed by atoms with Crippen LogP contribution < -0.4 is 5.32 Å². The van der Waals surface area contributed by atoms with E-state index in [-0.39, 0.29) is 18.5 Å². The molecule has 0 aliphatic carbocycles. The van der Waals surface area contributed by atoms with E-state index in [2.05, 4.69) is 67.8 Å². The second kappa shape index (κ2) is 69.7. The highest BCUT2D eigenvalue weighted by molar-refractivity contribution is 5.76. The van der Waals surface area contributed by atoms with Gasteiger partial charge in [0, 0.05) is 12.8 Å². The van der Waals surface area contributed by atoms with Crippen LogP contribution in [0.25, 0.3) is 0 Å². The van der Waals surface area contributed by atoms with Crippen molar-refractivity contribution >= 4 is 11.9 Å². The fraction of sp³-hybridized carbons (Fsp3) is 0.852. The maximum atomic E-state index is 13.1. The van der Waals surface area contributed by atoms with Crippen LogP contribution in [0.15, 0.2) is 60.8 Å². The van der Waals surface area contributed by atoms with Crippen molar-refractivity contribution in [1.82, 2.24) is 5.32 Å². The van der Waals surface area contributed by atoms with E-state index in [0.29, 0.717) is 19.4 Å². The molecule has 0 bridgehead atoms. The van der Waals surface area contributed by atoms with Crippen LogP contribution in [-0.4, -0.2) is 100 Å². The molecule has 92 heavy (non-hydrogen) atoms. The molecule has 7 unspecified atom stereocenters. The van der Waals surface area contributed by atoms with Gasteiger partial charge in [0.15, 0.2) is 6.29 Å². The first-order valence-electron chi connectivity index (χ1n) is 39.6. The molecule has 0 aromatic rings. The highest BCUT2D eigenvalue weighted by Crippen LogP contribution is 2.24. The van der Waals surface area contributed by atoms with Gasteiger partial charge in [-0.1, -0.05) is 325 Å². The molecular weight excluding hydrogens is 1150 g/mol. The molecule has 538 valence electrons. The number of unbranched alkanes of at least 4 members (excludes halogenated alkanes) is 48. The average Bonchev–Trinajstić information content (AvgIpc) is 1.91. The summed E-state index contributed by atoms with van der Waals surface area (Å²) < 4.78 is 16.7. The monoisotopic (exact) mass is 1300 g/mol. The Morgan fingerprint density at radius 1 is 0.402 bits per heavy atom. The number of hydrogen-bond donors (Lipinski definition) is 6. The Balaban J connectivity index is 1.92. The van der Waals surface area contributed by atoms with Gasteiger partial charge in [0.1, 0.15) is 24.4 Å². The quantitative estimate of drug-likeness (QED) is 0.0195. The molecular formula is C81H149NO10. The van der Waals surface area contributed by atoms with E-state index in [1.165, 1.54) is 289 Å². The lowest BCUT2D eigenvalue weighted by Gasteiger charge is -2.40. The summed E-state index contributed by atoms with van der Waals surface area (Å²) in [4.78, 5) is 25.1.